The van der Waals surface area contributed by atoms with Crippen molar-refractivity contribution in [2.24, 2.45) is 0 Å². The fraction of sp³-hybridized carbons (Fsp3) is 0.111. The van der Waals surface area contributed by atoms with E-state index in [1.165, 1.54) is 0 Å². The third-order valence-corrected chi connectivity index (χ3v) is 8.37. The molecule has 0 aliphatic heterocycles. The fourth-order valence-electron chi connectivity index (χ4n) is 6.01. The van der Waals surface area contributed by atoms with E-state index >= 15 is 0 Å². The quantitative estimate of drug-likeness (QED) is 0.200. The fourth-order valence-corrected chi connectivity index (χ4v) is 6.01. The minimum absolute atomic E-state index is 0.0506. The number of benzene rings is 6. The van der Waals surface area contributed by atoms with Crippen LogP contribution in [0.15, 0.2) is 67.8 Å². The highest BCUT2D eigenvalue weighted by Gasteiger charge is 2.21. The highest BCUT2D eigenvalue weighted by atomic mass is 16.5. The summed E-state index contributed by atoms with van der Waals surface area (Å²) in [6.07, 6.45) is 3.53. The molecule has 0 aliphatic carbocycles. The van der Waals surface area contributed by atoms with E-state index < -0.39 is 0 Å². The van der Waals surface area contributed by atoms with E-state index in [0.717, 1.165) is 70.9 Å². The lowest BCUT2D eigenvalue weighted by Gasteiger charge is -2.20. The van der Waals surface area contributed by atoms with Crippen molar-refractivity contribution in [3.63, 3.8) is 0 Å². The Morgan fingerprint density at radius 3 is 1.82 bits per heavy atom. The molecule has 0 fully saturated rings. The molecule has 198 valence electrons. The summed E-state index contributed by atoms with van der Waals surface area (Å²) in [7, 11) is 0. The summed E-state index contributed by atoms with van der Waals surface area (Å²) >= 11 is 0. The molecule has 6 rings (SSSR count). The maximum atomic E-state index is 11.5. The van der Waals surface area contributed by atoms with Crippen molar-refractivity contribution in [2.75, 3.05) is 0 Å². The predicted octanol–water partition coefficient (Wildman–Crippen LogP) is 9.73. The van der Waals surface area contributed by atoms with Crippen LogP contribution < -0.4 is 4.74 Å². The number of fused-ring (bicyclic) bond motifs is 6. The first-order valence-corrected chi connectivity index (χ1v) is 13.2. The molecule has 0 atom stereocenters. The molecule has 0 heterocycles. The van der Waals surface area contributed by atoms with E-state index in [4.69, 9.17) is 4.74 Å². The smallest absolute Gasteiger partial charge is 0.177 e. The van der Waals surface area contributed by atoms with Gasteiger partial charge in [-0.1, -0.05) is 55.6 Å². The summed E-state index contributed by atoms with van der Waals surface area (Å²) in [5, 5.41) is 39.8. The SMILES string of the molecule is C=Cc1c(C)c(O)cc2c1ccc1c(C)c(Oc3c(O)c(C)c(C=C)c4ccc5c(C)c(O)ccc5c34)ccc12. The molecule has 3 N–H and O–H groups in total. The van der Waals surface area contributed by atoms with Crippen molar-refractivity contribution in [2.45, 2.75) is 27.7 Å². The van der Waals surface area contributed by atoms with Gasteiger partial charge in [-0.05, 0) is 117 Å². The summed E-state index contributed by atoms with van der Waals surface area (Å²) in [6.45, 7) is 15.6. The molecule has 0 saturated heterocycles. The molecule has 0 unspecified atom stereocenters. The van der Waals surface area contributed by atoms with Gasteiger partial charge in [0.05, 0.1) is 0 Å². The second kappa shape index (κ2) is 9.06. The Kier molecular flexibility index (Phi) is 5.74. The number of ether oxygens (including phenoxy) is 1. The van der Waals surface area contributed by atoms with Crippen LogP contribution in [0.1, 0.15) is 33.4 Å². The zero-order valence-corrected chi connectivity index (χ0v) is 23.0. The summed E-state index contributed by atoms with van der Waals surface area (Å²) in [5.41, 5.74) is 4.90. The average molecular weight is 527 g/mol. The van der Waals surface area contributed by atoms with E-state index in [0.29, 0.717) is 17.1 Å². The number of aryl methyl sites for hydroxylation is 2. The molecule has 0 radical (unpaired) electrons. The number of aromatic hydroxyl groups is 3. The van der Waals surface area contributed by atoms with Crippen LogP contribution in [0.4, 0.5) is 0 Å². The van der Waals surface area contributed by atoms with Gasteiger partial charge in [0.1, 0.15) is 17.2 Å². The standard InChI is InChI=1S/C36H30O4/c1-7-22-18(3)32(38)17-30-26(22)11-9-25-20(5)33(16-14-27(25)30)40-36-34-28(23(8-2)21(6)35(36)39)12-10-24-19(4)31(37)15-13-29(24)34/h7-17,37-39H,1-2H2,3-6H3. The summed E-state index contributed by atoms with van der Waals surface area (Å²) < 4.78 is 6.61. The van der Waals surface area contributed by atoms with Crippen LogP contribution in [-0.4, -0.2) is 15.3 Å². The van der Waals surface area contributed by atoms with Crippen LogP contribution in [0.2, 0.25) is 0 Å². The van der Waals surface area contributed by atoms with Crippen LogP contribution in [0.5, 0.6) is 28.7 Å². The van der Waals surface area contributed by atoms with Gasteiger partial charge in [0.2, 0.25) is 0 Å². The van der Waals surface area contributed by atoms with Crippen molar-refractivity contribution < 1.29 is 20.1 Å². The number of phenolic OH excluding ortho intramolecular Hbond substituents is 3. The minimum atomic E-state index is 0.0506. The van der Waals surface area contributed by atoms with Gasteiger partial charge in [-0.25, -0.2) is 0 Å². The lowest BCUT2D eigenvalue weighted by Crippen LogP contribution is -1.96. The molecule has 0 spiro atoms. The van der Waals surface area contributed by atoms with Gasteiger partial charge in [-0.2, -0.15) is 0 Å². The molecule has 0 aromatic heterocycles. The largest absolute Gasteiger partial charge is 0.508 e. The highest BCUT2D eigenvalue weighted by molar-refractivity contribution is 6.16. The topological polar surface area (TPSA) is 69.9 Å². The van der Waals surface area contributed by atoms with Gasteiger partial charge >= 0.3 is 0 Å². The van der Waals surface area contributed by atoms with Gasteiger partial charge in [0, 0.05) is 10.9 Å². The highest BCUT2D eigenvalue weighted by Crippen LogP contribution is 2.48. The first-order valence-electron chi connectivity index (χ1n) is 13.2. The Morgan fingerprint density at radius 1 is 0.550 bits per heavy atom. The molecule has 4 nitrogen and oxygen atoms in total. The number of hydrogen-bond donors (Lipinski definition) is 3. The Morgan fingerprint density at radius 2 is 1.12 bits per heavy atom. The zero-order chi connectivity index (χ0) is 28.5. The average Bonchev–Trinajstić information content (AvgIpc) is 2.95. The summed E-state index contributed by atoms with van der Waals surface area (Å²) in [5.74, 6) is 1.47. The first-order chi connectivity index (χ1) is 19.2. The van der Waals surface area contributed by atoms with Crippen molar-refractivity contribution in [3.8, 4) is 28.7 Å². The second-order valence-electron chi connectivity index (χ2n) is 10.4. The molecule has 4 heteroatoms. The number of phenols is 3. The van der Waals surface area contributed by atoms with E-state index in [-0.39, 0.29) is 17.2 Å². The van der Waals surface area contributed by atoms with E-state index in [1.54, 1.807) is 24.3 Å². The first kappa shape index (κ1) is 25.3. The van der Waals surface area contributed by atoms with Crippen molar-refractivity contribution in [1.29, 1.82) is 0 Å². The minimum Gasteiger partial charge on any atom is -0.508 e. The van der Waals surface area contributed by atoms with E-state index in [9.17, 15) is 15.3 Å². The van der Waals surface area contributed by atoms with Crippen LogP contribution in [0.3, 0.4) is 0 Å². The van der Waals surface area contributed by atoms with Crippen LogP contribution in [0, 0.1) is 27.7 Å². The Labute approximate surface area is 232 Å². The van der Waals surface area contributed by atoms with Crippen LogP contribution in [0.25, 0.3) is 55.2 Å². The van der Waals surface area contributed by atoms with Crippen molar-refractivity contribution in [1.82, 2.24) is 0 Å². The molecule has 0 saturated carbocycles. The maximum Gasteiger partial charge on any atom is 0.177 e. The molecule has 6 aromatic rings. The van der Waals surface area contributed by atoms with Crippen molar-refractivity contribution in [3.05, 3.63) is 101 Å². The normalized spacial score (nSPS) is 11.5. The molecule has 0 bridgehead atoms. The van der Waals surface area contributed by atoms with Crippen molar-refractivity contribution >= 4 is 55.2 Å². The lowest BCUT2D eigenvalue weighted by atomic mass is 9.92. The molecular formula is C36H30O4. The van der Waals surface area contributed by atoms with E-state index in [2.05, 4.69) is 25.3 Å². The van der Waals surface area contributed by atoms with Gasteiger partial charge in [0.15, 0.2) is 11.5 Å². The number of hydrogen-bond acceptors (Lipinski definition) is 4. The van der Waals surface area contributed by atoms with Gasteiger partial charge < -0.3 is 20.1 Å². The molecule has 6 aromatic carbocycles. The Hall–Kier alpha value is -4.96. The third-order valence-electron chi connectivity index (χ3n) is 8.37. The molecular weight excluding hydrogens is 496 g/mol. The molecule has 0 aliphatic rings. The molecule has 40 heavy (non-hydrogen) atoms. The Bertz CT molecular complexity index is 2080. The number of rotatable bonds is 4. The second-order valence-corrected chi connectivity index (χ2v) is 10.4. The van der Waals surface area contributed by atoms with Gasteiger partial charge in [0.25, 0.3) is 0 Å². The predicted molar refractivity (Wildman–Crippen MR) is 167 cm³/mol. The van der Waals surface area contributed by atoms with Gasteiger partial charge in [-0.15, -0.1) is 0 Å². The third kappa shape index (κ3) is 3.46. The lowest BCUT2D eigenvalue weighted by molar-refractivity contribution is 0.411. The van der Waals surface area contributed by atoms with Crippen LogP contribution in [-0.2, 0) is 0 Å². The summed E-state index contributed by atoms with van der Waals surface area (Å²) in [6, 6.07) is 17.3. The van der Waals surface area contributed by atoms with Gasteiger partial charge in [-0.3, -0.25) is 0 Å². The van der Waals surface area contributed by atoms with Crippen LogP contribution >= 0.6 is 0 Å². The summed E-state index contributed by atoms with van der Waals surface area (Å²) in [4.78, 5) is 0. The maximum absolute atomic E-state index is 11.5. The Balaban J connectivity index is 1.64. The monoisotopic (exact) mass is 526 g/mol. The zero-order valence-electron chi connectivity index (χ0n) is 23.0. The van der Waals surface area contributed by atoms with E-state index in [1.807, 2.05) is 58.0 Å². The molecule has 0 amide bonds.